The van der Waals surface area contributed by atoms with Crippen LogP contribution in [-0.4, -0.2) is 41.1 Å². The number of hydrogen-bond acceptors (Lipinski definition) is 5. The first kappa shape index (κ1) is 19.8. The highest BCUT2D eigenvalue weighted by molar-refractivity contribution is 6.30. The molecule has 0 aliphatic carbocycles. The lowest BCUT2D eigenvalue weighted by Crippen LogP contribution is -2.41. The van der Waals surface area contributed by atoms with Crippen LogP contribution in [0.5, 0.6) is 0 Å². The maximum absolute atomic E-state index is 14.0. The second-order valence-electron chi connectivity index (χ2n) is 7.10. The topological polar surface area (TPSA) is 70.4 Å². The smallest absolute Gasteiger partial charge is 0.239 e. The molecular formula is C19H24ClFN4O2. The maximum atomic E-state index is 14.0. The molecule has 1 aromatic carbocycles. The predicted molar refractivity (Wildman–Crippen MR) is 102 cm³/mol. The SMILES string of the molecule is Cc1cc(NC(=O)CN[C@H]2CCN(C(C)C)[C@H]2c2ccc(Cl)c(F)c2)no1. The molecule has 0 spiro atoms. The van der Waals surface area contributed by atoms with Gasteiger partial charge in [-0.1, -0.05) is 22.8 Å². The minimum atomic E-state index is -0.428. The Morgan fingerprint density at radius 3 is 2.85 bits per heavy atom. The number of carbonyl (C=O) groups excluding carboxylic acids is 1. The number of aryl methyl sites for hydroxylation is 1. The predicted octanol–water partition coefficient (Wildman–Crippen LogP) is 3.53. The van der Waals surface area contributed by atoms with Crippen LogP contribution in [0.3, 0.4) is 0 Å². The summed E-state index contributed by atoms with van der Waals surface area (Å²) in [4.78, 5) is 14.5. The average Bonchev–Trinajstić information content (AvgIpc) is 3.21. The highest BCUT2D eigenvalue weighted by Gasteiger charge is 2.36. The van der Waals surface area contributed by atoms with Gasteiger partial charge in [-0.3, -0.25) is 9.69 Å². The Balaban J connectivity index is 1.69. The molecule has 2 aromatic rings. The Morgan fingerprint density at radius 2 is 2.22 bits per heavy atom. The molecule has 8 heteroatoms. The van der Waals surface area contributed by atoms with Gasteiger partial charge in [-0.15, -0.1) is 0 Å². The van der Waals surface area contributed by atoms with Crippen LogP contribution in [0, 0.1) is 12.7 Å². The van der Waals surface area contributed by atoms with Gasteiger partial charge in [-0.05, 0) is 44.9 Å². The molecule has 1 aromatic heterocycles. The highest BCUT2D eigenvalue weighted by atomic mass is 35.5. The van der Waals surface area contributed by atoms with Crippen molar-refractivity contribution in [2.75, 3.05) is 18.4 Å². The molecule has 0 radical (unpaired) electrons. The van der Waals surface area contributed by atoms with Crippen molar-refractivity contribution in [1.82, 2.24) is 15.4 Å². The zero-order valence-corrected chi connectivity index (χ0v) is 16.4. The van der Waals surface area contributed by atoms with Crippen molar-refractivity contribution < 1.29 is 13.7 Å². The number of nitrogens with one attached hydrogen (secondary N) is 2. The number of carbonyl (C=O) groups is 1. The van der Waals surface area contributed by atoms with Crippen LogP contribution in [0.2, 0.25) is 5.02 Å². The van der Waals surface area contributed by atoms with E-state index < -0.39 is 5.82 Å². The quantitative estimate of drug-likeness (QED) is 0.784. The summed E-state index contributed by atoms with van der Waals surface area (Å²) in [5.74, 6) is 0.396. The largest absolute Gasteiger partial charge is 0.360 e. The van der Waals surface area contributed by atoms with E-state index in [4.69, 9.17) is 16.1 Å². The molecule has 1 fully saturated rings. The molecule has 0 saturated carbocycles. The van der Waals surface area contributed by atoms with Gasteiger partial charge >= 0.3 is 0 Å². The van der Waals surface area contributed by atoms with Crippen LogP contribution in [-0.2, 0) is 4.79 Å². The monoisotopic (exact) mass is 394 g/mol. The van der Waals surface area contributed by atoms with Gasteiger partial charge in [0.05, 0.1) is 17.6 Å². The Morgan fingerprint density at radius 1 is 1.44 bits per heavy atom. The zero-order valence-electron chi connectivity index (χ0n) is 15.6. The zero-order chi connectivity index (χ0) is 19.6. The van der Waals surface area contributed by atoms with E-state index >= 15 is 0 Å². The fourth-order valence-electron chi connectivity index (χ4n) is 3.57. The molecule has 1 amide bonds. The second-order valence-corrected chi connectivity index (χ2v) is 7.50. The fraction of sp³-hybridized carbons (Fsp3) is 0.474. The van der Waals surface area contributed by atoms with Gasteiger partial charge in [0.15, 0.2) is 5.82 Å². The average molecular weight is 395 g/mol. The molecule has 1 aliphatic heterocycles. The van der Waals surface area contributed by atoms with E-state index in [1.807, 2.05) is 6.07 Å². The fourth-order valence-corrected chi connectivity index (χ4v) is 3.68. The lowest BCUT2D eigenvalue weighted by atomic mass is 9.99. The van der Waals surface area contributed by atoms with Crippen LogP contribution in [0.15, 0.2) is 28.8 Å². The summed E-state index contributed by atoms with van der Waals surface area (Å²) in [5, 5.41) is 9.87. The number of nitrogens with zero attached hydrogens (tertiary/aromatic N) is 2. The molecule has 2 heterocycles. The van der Waals surface area contributed by atoms with E-state index in [0.717, 1.165) is 18.5 Å². The van der Waals surface area contributed by atoms with Gasteiger partial charge in [0, 0.05) is 24.7 Å². The Hall–Kier alpha value is -1.96. The normalized spacial score (nSPS) is 20.4. The maximum Gasteiger partial charge on any atom is 0.239 e. The number of halogens is 2. The highest BCUT2D eigenvalue weighted by Crippen LogP contribution is 2.35. The molecule has 27 heavy (non-hydrogen) atoms. The number of likely N-dealkylation sites (tertiary alicyclic amines) is 1. The lowest BCUT2D eigenvalue weighted by molar-refractivity contribution is -0.115. The van der Waals surface area contributed by atoms with Crippen molar-refractivity contribution in [3.63, 3.8) is 0 Å². The van der Waals surface area contributed by atoms with Crippen molar-refractivity contribution >= 4 is 23.3 Å². The summed E-state index contributed by atoms with van der Waals surface area (Å²) in [6, 6.07) is 6.88. The number of benzene rings is 1. The van der Waals surface area contributed by atoms with Gasteiger partial charge in [0.2, 0.25) is 5.91 Å². The van der Waals surface area contributed by atoms with Crippen LogP contribution in [0.25, 0.3) is 0 Å². The number of hydrogen-bond donors (Lipinski definition) is 2. The molecular weight excluding hydrogens is 371 g/mol. The van der Waals surface area contributed by atoms with E-state index in [1.165, 1.54) is 6.07 Å². The molecule has 1 saturated heterocycles. The number of anilines is 1. The van der Waals surface area contributed by atoms with Crippen LogP contribution in [0.1, 0.15) is 37.6 Å². The Kier molecular flexibility index (Phi) is 6.14. The molecule has 1 aliphatic rings. The number of aromatic nitrogens is 1. The van der Waals surface area contributed by atoms with Crippen LogP contribution in [0.4, 0.5) is 10.2 Å². The summed E-state index contributed by atoms with van der Waals surface area (Å²) in [5.41, 5.74) is 0.855. The first-order valence-electron chi connectivity index (χ1n) is 9.02. The van der Waals surface area contributed by atoms with Gasteiger partial charge in [-0.2, -0.15) is 0 Å². The minimum absolute atomic E-state index is 0.0257. The molecule has 0 bridgehead atoms. The number of amides is 1. The number of rotatable bonds is 6. The van der Waals surface area contributed by atoms with E-state index in [9.17, 15) is 9.18 Å². The van der Waals surface area contributed by atoms with Crippen LogP contribution >= 0.6 is 11.6 Å². The summed E-state index contributed by atoms with van der Waals surface area (Å²) in [6.07, 6.45) is 0.865. The van der Waals surface area contributed by atoms with Gasteiger partial charge in [0.25, 0.3) is 0 Å². The van der Waals surface area contributed by atoms with Gasteiger partial charge in [0.1, 0.15) is 11.6 Å². The van der Waals surface area contributed by atoms with Crippen molar-refractivity contribution in [2.45, 2.75) is 45.3 Å². The molecule has 146 valence electrons. The third-order valence-corrected chi connectivity index (χ3v) is 5.11. The molecule has 6 nitrogen and oxygen atoms in total. The Bertz CT molecular complexity index is 811. The van der Waals surface area contributed by atoms with Crippen LogP contribution < -0.4 is 10.6 Å². The molecule has 2 N–H and O–H groups in total. The first-order valence-corrected chi connectivity index (χ1v) is 9.40. The van der Waals surface area contributed by atoms with Gasteiger partial charge in [-0.25, -0.2) is 4.39 Å². The second kappa shape index (κ2) is 8.37. The summed E-state index contributed by atoms with van der Waals surface area (Å²) < 4.78 is 18.9. The lowest BCUT2D eigenvalue weighted by Gasteiger charge is -2.32. The minimum Gasteiger partial charge on any atom is -0.360 e. The third kappa shape index (κ3) is 4.66. The molecule has 3 rings (SSSR count). The van der Waals surface area contributed by atoms with E-state index in [2.05, 4.69) is 34.5 Å². The first-order chi connectivity index (χ1) is 12.8. The van der Waals surface area contributed by atoms with Gasteiger partial charge < -0.3 is 15.2 Å². The molecule has 0 unspecified atom stereocenters. The van der Waals surface area contributed by atoms with Crippen molar-refractivity contribution in [3.05, 3.63) is 46.4 Å². The van der Waals surface area contributed by atoms with E-state index in [1.54, 1.807) is 19.1 Å². The summed E-state index contributed by atoms with van der Waals surface area (Å²) >= 11 is 5.83. The summed E-state index contributed by atoms with van der Waals surface area (Å²) in [6.45, 7) is 6.99. The standard InChI is InChI=1S/C19H24ClFN4O2/c1-11(2)25-7-6-16(19(25)13-4-5-14(20)15(21)9-13)22-10-18(26)23-17-8-12(3)27-24-17/h4-5,8-9,11,16,19,22H,6-7,10H2,1-3H3,(H,23,24,26)/t16-,19-/m0/s1. The van der Waals surface area contributed by atoms with E-state index in [-0.39, 0.29) is 29.6 Å². The summed E-state index contributed by atoms with van der Waals surface area (Å²) in [7, 11) is 0. The van der Waals surface area contributed by atoms with Crippen molar-refractivity contribution in [1.29, 1.82) is 0 Å². The Labute approximate surface area is 163 Å². The molecule has 2 atom stereocenters. The van der Waals surface area contributed by atoms with E-state index in [0.29, 0.717) is 17.6 Å². The third-order valence-electron chi connectivity index (χ3n) is 4.81. The van der Waals surface area contributed by atoms with Crippen molar-refractivity contribution in [2.24, 2.45) is 0 Å². The van der Waals surface area contributed by atoms with Crippen molar-refractivity contribution in [3.8, 4) is 0 Å².